The van der Waals surface area contributed by atoms with Crippen LogP contribution in [0.3, 0.4) is 0 Å². The van der Waals surface area contributed by atoms with Crippen molar-refractivity contribution in [2.75, 3.05) is 20.1 Å². The zero-order chi connectivity index (χ0) is 13.3. The van der Waals surface area contributed by atoms with Crippen LogP contribution in [0, 0.1) is 5.92 Å². The number of rotatable bonds is 2. The summed E-state index contributed by atoms with van der Waals surface area (Å²) in [7, 11) is 1.76. The molecule has 2 saturated heterocycles. The topological polar surface area (TPSA) is 66.6 Å². The molecule has 0 aromatic heterocycles. The first-order valence-electron chi connectivity index (χ1n) is 6.80. The number of hydrogen-bond acceptors (Lipinski definition) is 3. The van der Waals surface area contributed by atoms with Crippen LogP contribution in [0.15, 0.2) is 0 Å². The molecule has 0 saturated carbocycles. The minimum atomic E-state index is -0.165. The zero-order valence-corrected chi connectivity index (χ0v) is 12.5. The molecule has 2 rings (SSSR count). The summed E-state index contributed by atoms with van der Waals surface area (Å²) < 4.78 is 0. The number of carbonyl (C=O) groups is 2. The van der Waals surface area contributed by atoms with Crippen LogP contribution in [0.25, 0.3) is 0 Å². The van der Waals surface area contributed by atoms with Gasteiger partial charge in [-0.05, 0) is 26.2 Å². The summed E-state index contributed by atoms with van der Waals surface area (Å²) in [6.07, 6.45) is 3.53. The molecular formula is C13H24ClN3O2. The van der Waals surface area contributed by atoms with Crippen molar-refractivity contribution in [3.05, 3.63) is 0 Å². The lowest BCUT2D eigenvalue weighted by Crippen LogP contribution is -2.53. The Labute approximate surface area is 120 Å². The second kappa shape index (κ2) is 6.57. The van der Waals surface area contributed by atoms with Crippen LogP contribution < -0.4 is 5.73 Å². The Hall–Kier alpha value is -0.810. The lowest BCUT2D eigenvalue weighted by atomic mass is 9.94. The van der Waals surface area contributed by atoms with Gasteiger partial charge in [0, 0.05) is 38.6 Å². The molecule has 0 aromatic rings. The third-order valence-corrected chi connectivity index (χ3v) is 4.13. The molecule has 3 unspecified atom stereocenters. The third kappa shape index (κ3) is 3.39. The largest absolute Gasteiger partial charge is 0.345 e. The molecule has 110 valence electrons. The maximum absolute atomic E-state index is 12.5. The van der Waals surface area contributed by atoms with Gasteiger partial charge in [0.25, 0.3) is 0 Å². The van der Waals surface area contributed by atoms with E-state index in [0.29, 0.717) is 13.0 Å². The highest BCUT2D eigenvalue weighted by Gasteiger charge is 2.38. The SMILES string of the molecule is CC(N)C1CCCCN1C(=O)C1CC(=O)N(C)C1.Cl. The van der Waals surface area contributed by atoms with Crippen LogP contribution >= 0.6 is 12.4 Å². The van der Waals surface area contributed by atoms with Gasteiger partial charge in [-0.1, -0.05) is 0 Å². The number of piperidine rings is 1. The van der Waals surface area contributed by atoms with E-state index in [1.54, 1.807) is 11.9 Å². The Morgan fingerprint density at radius 2 is 2.11 bits per heavy atom. The highest BCUT2D eigenvalue weighted by molar-refractivity contribution is 5.89. The van der Waals surface area contributed by atoms with Crippen molar-refractivity contribution >= 4 is 24.2 Å². The fourth-order valence-corrected chi connectivity index (χ4v) is 3.04. The van der Waals surface area contributed by atoms with Gasteiger partial charge in [-0.25, -0.2) is 0 Å². The second-order valence-corrected chi connectivity index (χ2v) is 5.63. The summed E-state index contributed by atoms with van der Waals surface area (Å²) in [6, 6.07) is 0.149. The van der Waals surface area contributed by atoms with E-state index < -0.39 is 0 Å². The van der Waals surface area contributed by atoms with E-state index in [1.807, 2.05) is 11.8 Å². The molecule has 2 heterocycles. The minimum Gasteiger partial charge on any atom is -0.345 e. The van der Waals surface area contributed by atoms with Crippen molar-refractivity contribution in [2.45, 2.75) is 44.7 Å². The van der Waals surface area contributed by atoms with Gasteiger partial charge < -0.3 is 15.5 Å². The van der Waals surface area contributed by atoms with Crippen molar-refractivity contribution in [1.82, 2.24) is 9.80 Å². The van der Waals surface area contributed by atoms with Crippen LogP contribution in [-0.2, 0) is 9.59 Å². The molecule has 2 amide bonds. The maximum atomic E-state index is 12.5. The van der Waals surface area contributed by atoms with E-state index in [0.717, 1.165) is 25.8 Å². The van der Waals surface area contributed by atoms with Crippen molar-refractivity contribution in [3.63, 3.8) is 0 Å². The van der Waals surface area contributed by atoms with Crippen LogP contribution in [0.2, 0.25) is 0 Å². The summed E-state index contributed by atoms with van der Waals surface area (Å²) in [5, 5.41) is 0. The van der Waals surface area contributed by atoms with Gasteiger partial charge in [-0.2, -0.15) is 0 Å². The smallest absolute Gasteiger partial charge is 0.228 e. The Kier molecular flexibility index (Phi) is 5.62. The van der Waals surface area contributed by atoms with Gasteiger partial charge in [0.2, 0.25) is 11.8 Å². The quantitative estimate of drug-likeness (QED) is 0.810. The van der Waals surface area contributed by atoms with Gasteiger partial charge in [0.05, 0.1) is 5.92 Å². The third-order valence-electron chi connectivity index (χ3n) is 4.13. The lowest BCUT2D eigenvalue weighted by molar-refractivity contribution is -0.139. The van der Waals surface area contributed by atoms with Crippen molar-refractivity contribution in [1.29, 1.82) is 0 Å². The predicted molar refractivity (Wildman–Crippen MR) is 76.0 cm³/mol. The number of likely N-dealkylation sites (tertiary alicyclic amines) is 2. The molecule has 3 atom stereocenters. The van der Waals surface area contributed by atoms with Crippen molar-refractivity contribution in [2.24, 2.45) is 11.7 Å². The molecule has 19 heavy (non-hydrogen) atoms. The van der Waals surface area contributed by atoms with Gasteiger partial charge in [-0.15, -0.1) is 12.4 Å². The summed E-state index contributed by atoms with van der Waals surface area (Å²) in [5.74, 6) is 0.0271. The van der Waals surface area contributed by atoms with E-state index >= 15 is 0 Å². The molecule has 0 aliphatic carbocycles. The van der Waals surface area contributed by atoms with E-state index in [9.17, 15) is 9.59 Å². The number of halogens is 1. The standard InChI is InChI=1S/C13H23N3O2.ClH/c1-9(14)11-5-3-4-6-16(11)13(18)10-7-12(17)15(2)8-10;/h9-11H,3-8,14H2,1-2H3;1H. The predicted octanol–water partition coefficient (Wildman–Crippen LogP) is 0.615. The molecule has 6 heteroatoms. The molecule has 2 aliphatic heterocycles. The molecule has 0 aromatic carbocycles. The molecular weight excluding hydrogens is 266 g/mol. The highest BCUT2D eigenvalue weighted by atomic mass is 35.5. The Bertz CT molecular complexity index is 349. The first-order chi connectivity index (χ1) is 8.50. The van der Waals surface area contributed by atoms with E-state index in [-0.39, 0.29) is 42.2 Å². The highest BCUT2D eigenvalue weighted by Crippen LogP contribution is 2.25. The number of nitrogens with two attached hydrogens (primary N) is 1. The van der Waals surface area contributed by atoms with Crippen LogP contribution in [-0.4, -0.2) is 53.8 Å². The average Bonchev–Trinajstić information content (AvgIpc) is 2.68. The number of nitrogens with zero attached hydrogens (tertiary/aromatic N) is 2. The van der Waals surface area contributed by atoms with Gasteiger partial charge >= 0.3 is 0 Å². The Morgan fingerprint density at radius 1 is 1.42 bits per heavy atom. The lowest BCUT2D eigenvalue weighted by Gasteiger charge is -2.39. The molecule has 2 N–H and O–H groups in total. The summed E-state index contributed by atoms with van der Waals surface area (Å²) >= 11 is 0. The van der Waals surface area contributed by atoms with Crippen LogP contribution in [0.5, 0.6) is 0 Å². The molecule has 0 bridgehead atoms. The molecule has 0 spiro atoms. The monoisotopic (exact) mass is 289 g/mol. The molecule has 2 fully saturated rings. The molecule has 5 nitrogen and oxygen atoms in total. The fraction of sp³-hybridized carbons (Fsp3) is 0.846. The van der Waals surface area contributed by atoms with Crippen LogP contribution in [0.4, 0.5) is 0 Å². The average molecular weight is 290 g/mol. The number of amides is 2. The Balaban J connectivity index is 0.00000180. The molecule has 2 aliphatic rings. The van der Waals surface area contributed by atoms with E-state index in [4.69, 9.17) is 5.73 Å². The first kappa shape index (κ1) is 16.2. The van der Waals surface area contributed by atoms with Gasteiger partial charge in [0.15, 0.2) is 0 Å². The maximum Gasteiger partial charge on any atom is 0.228 e. The van der Waals surface area contributed by atoms with Crippen LogP contribution in [0.1, 0.15) is 32.6 Å². The number of hydrogen-bond donors (Lipinski definition) is 1. The molecule has 0 radical (unpaired) electrons. The van der Waals surface area contributed by atoms with Gasteiger partial charge in [-0.3, -0.25) is 9.59 Å². The van der Waals surface area contributed by atoms with E-state index in [2.05, 4.69) is 0 Å². The van der Waals surface area contributed by atoms with E-state index in [1.165, 1.54) is 0 Å². The second-order valence-electron chi connectivity index (χ2n) is 5.63. The van der Waals surface area contributed by atoms with Crippen molar-refractivity contribution in [3.8, 4) is 0 Å². The normalized spacial score (nSPS) is 29.1. The summed E-state index contributed by atoms with van der Waals surface area (Å²) in [5.41, 5.74) is 5.98. The Morgan fingerprint density at radius 3 is 2.63 bits per heavy atom. The van der Waals surface area contributed by atoms with Crippen molar-refractivity contribution < 1.29 is 9.59 Å². The fourth-order valence-electron chi connectivity index (χ4n) is 3.04. The first-order valence-corrected chi connectivity index (χ1v) is 6.80. The minimum absolute atomic E-state index is 0. The van der Waals surface area contributed by atoms with Gasteiger partial charge in [0.1, 0.15) is 0 Å². The number of carbonyl (C=O) groups excluding carboxylic acids is 2. The zero-order valence-electron chi connectivity index (χ0n) is 11.7. The summed E-state index contributed by atoms with van der Waals surface area (Å²) in [6.45, 7) is 3.31. The summed E-state index contributed by atoms with van der Waals surface area (Å²) in [4.78, 5) is 27.6.